The third-order valence-corrected chi connectivity index (χ3v) is 6.25. The molecule has 0 aromatic heterocycles. The first-order chi connectivity index (χ1) is 7.59. The Morgan fingerprint density at radius 3 is 1.82 bits per heavy atom. The molecular weight excluding hydrogens is 236 g/mol. The van der Waals surface area contributed by atoms with Crippen LogP contribution < -0.4 is 4.72 Å². The zero-order chi connectivity index (χ0) is 13.6. The van der Waals surface area contributed by atoms with E-state index in [1.165, 1.54) is 0 Å². The molecule has 1 heterocycles. The Morgan fingerprint density at radius 1 is 1.18 bits per heavy atom. The summed E-state index contributed by atoms with van der Waals surface area (Å²) in [6.07, 6.45) is 0. The van der Waals surface area contributed by atoms with Crippen molar-refractivity contribution in [3.8, 4) is 0 Å². The van der Waals surface area contributed by atoms with E-state index in [1.54, 1.807) is 4.90 Å². The number of nitrogens with one attached hydrogen (secondary N) is 1. The summed E-state index contributed by atoms with van der Waals surface area (Å²) >= 11 is 0. The fourth-order valence-corrected chi connectivity index (χ4v) is 5.89. The SMILES string of the molecule is C=S1(=O)NC(=O)N(C(C)C)C1(C(C)C)C(C)C. The van der Waals surface area contributed by atoms with Gasteiger partial charge in [0.05, 0.1) is 9.71 Å². The van der Waals surface area contributed by atoms with Crippen LogP contribution in [0.3, 0.4) is 0 Å². The van der Waals surface area contributed by atoms with Crippen LogP contribution in [0.1, 0.15) is 41.5 Å². The predicted octanol–water partition coefficient (Wildman–Crippen LogP) is 2.06. The van der Waals surface area contributed by atoms with E-state index in [0.29, 0.717) is 0 Å². The Bertz CT molecular complexity index is 402. The van der Waals surface area contributed by atoms with Crippen LogP contribution in [0.4, 0.5) is 4.79 Å². The van der Waals surface area contributed by atoms with E-state index in [-0.39, 0.29) is 23.9 Å². The van der Waals surface area contributed by atoms with E-state index in [9.17, 15) is 9.00 Å². The Labute approximate surface area is 105 Å². The molecule has 1 atom stereocenters. The first kappa shape index (κ1) is 14.4. The van der Waals surface area contributed by atoms with Crippen LogP contribution in [0.2, 0.25) is 0 Å². The van der Waals surface area contributed by atoms with Crippen molar-refractivity contribution in [3.63, 3.8) is 0 Å². The van der Waals surface area contributed by atoms with E-state index in [4.69, 9.17) is 0 Å². The number of rotatable bonds is 3. The number of hydrogen-bond donors (Lipinski definition) is 1. The van der Waals surface area contributed by atoms with Crippen molar-refractivity contribution >= 4 is 21.6 Å². The van der Waals surface area contributed by atoms with Crippen LogP contribution in [-0.2, 0) is 9.71 Å². The Balaban J connectivity index is 3.54. The van der Waals surface area contributed by atoms with Crippen LogP contribution >= 0.6 is 0 Å². The average molecular weight is 260 g/mol. The van der Waals surface area contributed by atoms with Crippen LogP contribution in [0.25, 0.3) is 0 Å². The molecule has 1 fully saturated rings. The van der Waals surface area contributed by atoms with Crippen molar-refractivity contribution in [2.45, 2.75) is 52.5 Å². The highest BCUT2D eigenvalue weighted by Crippen LogP contribution is 2.42. The second kappa shape index (κ2) is 4.19. The first-order valence-electron chi connectivity index (χ1n) is 6.06. The van der Waals surface area contributed by atoms with Crippen molar-refractivity contribution < 1.29 is 9.00 Å². The largest absolute Gasteiger partial charge is 0.330 e. The number of amides is 2. The molecule has 0 aromatic rings. The maximum atomic E-state index is 12.8. The van der Waals surface area contributed by atoms with Gasteiger partial charge in [0.1, 0.15) is 4.87 Å². The lowest BCUT2D eigenvalue weighted by Crippen LogP contribution is -2.59. The van der Waals surface area contributed by atoms with Gasteiger partial charge in [0.25, 0.3) is 0 Å². The van der Waals surface area contributed by atoms with E-state index >= 15 is 0 Å². The van der Waals surface area contributed by atoms with E-state index < -0.39 is 14.6 Å². The van der Waals surface area contributed by atoms with Crippen LogP contribution in [0, 0.1) is 11.8 Å². The number of carbonyl (C=O) groups excluding carboxylic acids is 1. The Hall–Kier alpha value is -0.710. The van der Waals surface area contributed by atoms with Gasteiger partial charge in [0.2, 0.25) is 0 Å². The third-order valence-electron chi connectivity index (χ3n) is 3.55. The van der Waals surface area contributed by atoms with E-state index in [2.05, 4.69) is 10.6 Å². The summed E-state index contributed by atoms with van der Waals surface area (Å²) in [7, 11) is -2.66. The van der Waals surface area contributed by atoms with Crippen molar-refractivity contribution in [1.29, 1.82) is 0 Å². The summed E-state index contributed by atoms with van der Waals surface area (Å²) in [4.78, 5) is 13.1. The van der Waals surface area contributed by atoms with Gasteiger partial charge in [-0.1, -0.05) is 27.7 Å². The molecule has 0 aromatic carbocycles. The molecule has 1 rings (SSSR count). The minimum absolute atomic E-state index is 0.00451. The molecule has 0 spiro atoms. The van der Waals surface area contributed by atoms with Gasteiger partial charge in [-0.2, -0.15) is 0 Å². The lowest BCUT2D eigenvalue weighted by molar-refractivity contribution is 0.0942. The lowest BCUT2D eigenvalue weighted by atomic mass is 9.90. The molecule has 0 aliphatic carbocycles. The molecule has 0 radical (unpaired) electrons. The zero-order valence-corrected chi connectivity index (χ0v) is 12.4. The second-order valence-corrected chi connectivity index (χ2v) is 7.82. The van der Waals surface area contributed by atoms with Crippen LogP contribution in [0.15, 0.2) is 0 Å². The van der Waals surface area contributed by atoms with Gasteiger partial charge < -0.3 is 4.90 Å². The van der Waals surface area contributed by atoms with Crippen LogP contribution in [0.5, 0.6) is 0 Å². The topological polar surface area (TPSA) is 49.4 Å². The van der Waals surface area contributed by atoms with E-state index in [0.717, 1.165) is 0 Å². The van der Waals surface area contributed by atoms with Gasteiger partial charge in [-0.25, -0.2) is 9.00 Å². The molecule has 1 aliphatic rings. The van der Waals surface area contributed by atoms with Crippen LogP contribution in [-0.4, -0.2) is 31.9 Å². The summed E-state index contributed by atoms with van der Waals surface area (Å²) in [5.74, 6) is 3.96. The molecule has 1 N–H and O–H groups in total. The van der Waals surface area contributed by atoms with Gasteiger partial charge in [-0.3, -0.25) is 4.72 Å². The van der Waals surface area contributed by atoms with E-state index in [1.807, 2.05) is 41.5 Å². The quantitative estimate of drug-likeness (QED) is 0.790. The number of carbonyl (C=O) groups is 1. The smallest absolute Gasteiger partial charge is 0.303 e. The lowest BCUT2D eigenvalue weighted by Gasteiger charge is -2.46. The molecular formula is C12H24N2O2S. The Morgan fingerprint density at radius 2 is 1.59 bits per heavy atom. The molecule has 0 bridgehead atoms. The third kappa shape index (κ3) is 1.75. The fourth-order valence-electron chi connectivity index (χ4n) is 3.21. The molecule has 17 heavy (non-hydrogen) atoms. The Kier molecular flexibility index (Phi) is 3.54. The fraction of sp³-hybridized carbons (Fsp3) is 0.833. The average Bonchev–Trinajstić information content (AvgIpc) is 2.31. The predicted molar refractivity (Wildman–Crippen MR) is 73.2 cm³/mol. The molecule has 2 amide bonds. The molecule has 1 unspecified atom stereocenters. The highest BCUT2D eigenvalue weighted by atomic mass is 32.2. The highest BCUT2D eigenvalue weighted by Gasteiger charge is 2.58. The minimum atomic E-state index is -2.66. The number of urea groups is 1. The monoisotopic (exact) mass is 260 g/mol. The van der Waals surface area contributed by atoms with Gasteiger partial charge in [0.15, 0.2) is 0 Å². The maximum absolute atomic E-state index is 12.8. The molecule has 4 nitrogen and oxygen atoms in total. The summed E-state index contributed by atoms with van der Waals surface area (Å²) in [6, 6.07) is -0.257. The van der Waals surface area contributed by atoms with Crippen molar-refractivity contribution in [2.75, 3.05) is 0 Å². The number of hydrogen-bond acceptors (Lipinski definition) is 2. The summed E-state index contributed by atoms with van der Waals surface area (Å²) < 4.78 is 15.3. The molecule has 100 valence electrons. The van der Waals surface area contributed by atoms with Gasteiger partial charge in [-0.05, 0) is 31.6 Å². The van der Waals surface area contributed by atoms with Crippen molar-refractivity contribution in [1.82, 2.24) is 9.62 Å². The van der Waals surface area contributed by atoms with Crippen molar-refractivity contribution in [3.05, 3.63) is 0 Å². The second-order valence-electron chi connectivity index (χ2n) is 5.61. The standard InChI is InChI=1S/C12H24N2O2S/c1-8(2)12(9(3)4)14(10(5)6)11(15)13-17(12,7)16/h8-10H,7H2,1-6H3,(H,13,15,16). The summed E-state index contributed by atoms with van der Waals surface area (Å²) in [5.41, 5.74) is 0. The molecule has 1 aliphatic heterocycles. The molecule has 0 saturated carbocycles. The zero-order valence-electron chi connectivity index (χ0n) is 11.6. The maximum Gasteiger partial charge on any atom is 0.330 e. The molecule has 1 saturated heterocycles. The molecule has 5 heteroatoms. The summed E-state index contributed by atoms with van der Waals surface area (Å²) in [5, 5.41) is 0. The highest BCUT2D eigenvalue weighted by molar-refractivity contribution is 8.00. The number of nitrogens with zero attached hydrogens (tertiary/aromatic N) is 1. The first-order valence-corrected chi connectivity index (χ1v) is 7.79. The van der Waals surface area contributed by atoms with Gasteiger partial charge >= 0.3 is 6.03 Å². The van der Waals surface area contributed by atoms with Crippen molar-refractivity contribution in [2.24, 2.45) is 11.8 Å². The normalized spacial score (nSPS) is 28.3. The summed E-state index contributed by atoms with van der Waals surface area (Å²) in [6.45, 7) is 11.9. The minimum Gasteiger partial charge on any atom is -0.303 e. The van der Waals surface area contributed by atoms with Gasteiger partial charge in [-0.15, -0.1) is 0 Å². The van der Waals surface area contributed by atoms with Gasteiger partial charge in [0, 0.05) is 6.04 Å².